The van der Waals surface area contributed by atoms with Gasteiger partial charge in [-0.15, -0.1) is 0 Å². The van der Waals surface area contributed by atoms with E-state index < -0.39 is 18.1 Å². The summed E-state index contributed by atoms with van der Waals surface area (Å²) in [5.41, 5.74) is 0. The summed E-state index contributed by atoms with van der Waals surface area (Å²) in [7, 11) is 5.41. The smallest absolute Gasteiger partial charge is 0.306 e. The van der Waals surface area contributed by atoms with Crippen LogP contribution in [0.25, 0.3) is 0 Å². The van der Waals surface area contributed by atoms with Gasteiger partial charge in [0, 0.05) is 19.3 Å². The molecule has 0 aliphatic heterocycles. The first-order chi connectivity index (χ1) is 34.1. The van der Waals surface area contributed by atoms with E-state index in [-0.39, 0.29) is 42.7 Å². The van der Waals surface area contributed by atoms with Crippen molar-refractivity contribution in [1.82, 2.24) is 0 Å². The second kappa shape index (κ2) is 51.9. The number of unbranched alkanes of at least 4 members (excludes halogenated alkanes) is 23. The number of hydrogen-bond acceptors (Lipinski definition) is 7. The SMILES string of the molecule is CC/C=C/C/C=C/C/C=C/C/C=C/C/C=C/CCCCCCCCCC(=O)OC(COCCC(C(=O)[O-])[N+](C)(C)C)COC(=O)CCCCCCCCC/C=C/C/C=C/CCCCCCCCCCC. The molecule has 0 radical (unpaired) electrons. The lowest BCUT2D eigenvalue weighted by atomic mass is 10.1. The van der Waals surface area contributed by atoms with Crippen molar-refractivity contribution in [2.24, 2.45) is 0 Å². The van der Waals surface area contributed by atoms with Crippen molar-refractivity contribution in [1.29, 1.82) is 0 Å². The average Bonchev–Trinajstić information content (AvgIpc) is 3.33. The van der Waals surface area contributed by atoms with Crippen LogP contribution in [0.3, 0.4) is 0 Å². The van der Waals surface area contributed by atoms with E-state index in [1.54, 1.807) is 21.1 Å². The highest BCUT2D eigenvalue weighted by Gasteiger charge is 2.25. The van der Waals surface area contributed by atoms with Crippen molar-refractivity contribution < 1.29 is 38.2 Å². The Hall–Kier alpha value is -3.49. The highest BCUT2D eigenvalue weighted by Crippen LogP contribution is 2.15. The van der Waals surface area contributed by atoms with Gasteiger partial charge in [-0.1, -0.05) is 214 Å². The number of esters is 2. The lowest BCUT2D eigenvalue weighted by molar-refractivity contribution is -0.889. The average molecular weight is 979 g/mol. The Morgan fingerprint density at radius 1 is 0.443 bits per heavy atom. The van der Waals surface area contributed by atoms with Crippen molar-refractivity contribution in [3.05, 3.63) is 85.1 Å². The summed E-state index contributed by atoms with van der Waals surface area (Å²) in [6.45, 7) is 4.55. The maximum absolute atomic E-state index is 12.8. The Labute approximate surface area is 431 Å². The molecule has 0 aliphatic rings. The van der Waals surface area contributed by atoms with Crippen LogP contribution in [0.1, 0.15) is 239 Å². The first kappa shape index (κ1) is 66.5. The monoisotopic (exact) mass is 978 g/mol. The van der Waals surface area contributed by atoms with Crippen molar-refractivity contribution in [3.8, 4) is 0 Å². The summed E-state index contributed by atoms with van der Waals surface area (Å²) in [5.74, 6) is -1.76. The van der Waals surface area contributed by atoms with Crippen LogP contribution in [0.5, 0.6) is 0 Å². The molecular formula is C62H107NO7. The van der Waals surface area contributed by atoms with Crippen molar-refractivity contribution in [2.45, 2.75) is 251 Å². The number of carboxylic acids is 1. The Morgan fingerprint density at radius 2 is 0.800 bits per heavy atom. The normalized spacial score (nSPS) is 13.4. The third kappa shape index (κ3) is 49.5. The molecule has 0 aromatic heterocycles. The number of carbonyl (C=O) groups excluding carboxylic acids is 3. The number of aliphatic carboxylic acids is 1. The zero-order chi connectivity index (χ0) is 51.3. The van der Waals surface area contributed by atoms with Crippen LogP contribution in [-0.2, 0) is 28.6 Å². The van der Waals surface area contributed by atoms with Crippen LogP contribution in [0.4, 0.5) is 0 Å². The Bertz CT molecular complexity index is 1420. The van der Waals surface area contributed by atoms with Crippen LogP contribution >= 0.6 is 0 Å². The minimum absolute atomic E-state index is 0.0296. The van der Waals surface area contributed by atoms with Gasteiger partial charge in [-0.2, -0.15) is 0 Å². The van der Waals surface area contributed by atoms with E-state index in [4.69, 9.17) is 14.2 Å². The van der Waals surface area contributed by atoms with Gasteiger partial charge >= 0.3 is 11.9 Å². The molecule has 0 saturated carbocycles. The Kier molecular flexibility index (Phi) is 49.3. The molecule has 70 heavy (non-hydrogen) atoms. The molecular weight excluding hydrogens is 871 g/mol. The van der Waals surface area contributed by atoms with Crippen LogP contribution in [-0.4, -0.2) is 75.5 Å². The largest absolute Gasteiger partial charge is 0.544 e. The fraction of sp³-hybridized carbons (Fsp3) is 0.726. The van der Waals surface area contributed by atoms with Crippen LogP contribution in [0.15, 0.2) is 85.1 Å². The highest BCUT2D eigenvalue weighted by molar-refractivity contribution is 5.70. The van der Waals surface area contributed by atoms with E-state index in [2.05, 4.69) is 98.9 Å². The maximum Gasteiger partial charge on any atom is 0.306 e. The predicted molar refractivity (Wildman–Crippen MR) is 295 cm³/mol. The minimum atomic E-state index is -1.13. The molecule has 0 saturated heterocycles. The van der Waals surface area contributed by atoms with Gasteiger partial charge in [-0.25, -0.2) is 0 Å². The van der Waals surface area contributed by atoms with Crippen LogP contribution in [0, 0.1) is 0 Å². The summed E-state index contributed by atoms with van der Waals surface area (Å²) in [5, 5.41) is 11.7. The molecule has 0 heterocycles. The number of hydrogen-bond donors (Lipinski definition) is 0. The Morgan fingerprint density at radius 3 is 1.19 bits per heavy atom. The van der Waals surface area contributed by atoms with Gasteiger partial charge in [-0.3, -0.25) is 9.59 Å². The minimum Gasteiger partial charge on any atom is -0.544 e. The third-order valence-electron chi connectivity index (χ3n) is 12.5. The molecule has 402 valence electrons. The molecule has 8 heteroatoms. The van der Waals surface area contributed by atoms with Gasteiger partial charge < -0.3 is 28.6 Å². The molecule has 0 aliphatic carbocycles. The van der Waals surface area contributed by atoms with Crippen LogP contribution < -0.4 is 5.11 Å². The number of ether oxygens (including phenoxy) is 3. The van der Waals surface area contributed by atoms with Crippen molar-refractivity contribution in [2.75, 3.05) is 41.0 Å². The summed E-state index contributed by atoms with van der Waals surface area (Å²) in [6, 6.07) is -0.735. The second-order valence-electron chi connectivity index (χ2n) is 20.1. The number of carbonyl (C=O) groups is 3. The van der Waals surface area contributed by atoms with E-state index in [1.807, 2.05) is 0 Å². The molecule has 0 spiro atoms. The molecule has 0 bridgehead atoms. The summed E-state index contributed by atoms with van der Waals surface area (Å²) in [6.07, 6.45) is 69.1. The standard InChI is InChI=1S/C62H107NO7/c1-6-8-10-12-14-16-18-20-22-24-26-28-30-32-34-36-38-40-42-44-46-48-50-52-60(64)69-57-58(56-68-55-54-59(62(66)67)63(3,4)5)70-61(65)53-51-49-47-45-43-41-39-37-35-33-31-29-27-25-23-21-19-17-15-13-11-9-7-2/h9,11,15,17,21,23,26-29,32-35,58-59H,6-8,10,12-14,16,18-20,22,24-25,30-31,36-57H2,1-5H3/b11-9+,17-15+,23-21+,28-26+,29-27+,34-32+,35-33+. The van der Waals surface area contributed by atoms with Gasteiger partial charge in [0.2, 0.25) is 0 Å². The van der Waals surface area contributed by atoms with Crippen LogP contribution in [0.2, 0.25) is 0 Å². The lowest BCUT2D eigenvalue weighted by Crippen LogP contribution is -2.55. The third-order valence-corrected chi connectivity index (χ3v) is 12.5. The van der Waals surface area contributed by atoms with Gasteiger partial charge in [-0.05, 0) is 89.9 Å². The van der Waals surface area contributed by atoms with Crippen molar-refractivity contribution in [3.63, 3.8) is 0 Å². The van der Waals surface area contributed by atoms with Gasteiger partial charge in [0.25, 0.3) is 0 Å². The summed E-state index contributed by atoms with van der Waals surface area (Å²) >= 11 is 0. The van der Waals surface area contributed by atoms with Gasteiger partial charge in [0.1, 0.15) is 12.6 Å². The molecule has 0 rings (SSSR count). The predicted octanol–water partition coefficient (Wildman–Crippen LogP) is 15.9. The summed E-state index contributed by atoms with van der Waals surface area (Å²) < 4.78 is 17.3. The quantitative estimate of drug-likeness (QED) is 0.0259. The second-order valence-corrected chi connectivity index (χ2v) is 20.1. The molecule has 0 aromatic carbocycles. The number of allylic oxidation sites excluding steroid dienone is 14. The van der Waals surface area contributed by atoms with Gasteiger partial charge in [0.15, 0.2) is 6.10 Å². The summed E-state index contributed by atoms with van der Waals surface area (Å²) in [4.78, 5) is 37.2. The molecule has 2 atom stereocenters. The van der Waals surface area contributed by atoms with Gasteiger partial charge in [0.05, 0.1) is 40.3 Å². The molecule has 0 N–H and O–H groups in total. The molecule has 0 fully saturated rings. The van der Waals surface area contributed by atoms with E-state index in [9.17, 15) is 19.5 Å². The molecule has 0 amide bonds. The number of carboxylic acid groups (broad SMARTS) is 1. The first-order valence-corrected chi connectivity index (χ1v) is 28.6. The van der Waals surface area contributed by atoms with E-state index in [0.29, 0.717) is 12.8 Å². The number of nitrogens with zero attached hydrogens (tertiary/aromatic N) is 1. The number of quaternary nitrogens is 1. The number of likely N-dealkylation sites (N-methyl/N-ethyl adjacent to an activating group) is 1. The van der Waals surface area contributed by atoms with E-state index in [1.165, 1.54) is 109 Å². The zero-order valence-electron chi connectivity index (χ0n) is 45.9. The van der Waals surface area contributed by atoms with E-state index in [0.717, 1.165) is 96.3 Å². The first-order valence-electron chi connectivity index (χ1n) is 28.6. The fourth-order valence-corrected chi connectivity index (χ4v) is 8.13. The fourth-order valence-electron chi connectivity index (χ4n) is 8.13. The molecule has 8 nitrogen and oxygen atoms in total. The highest BCUT2D eigenvalue weighted by atomic mass is 16.6. The lowest BCUT2D eigenvalue weighted by Gasteiger charge is -2.34. The van der Waals surface area contributed by atoms with E-state index >= 15 is 0 Å². The molecule has 0 aromatic rings. The topological polar surface area (TPSA) is 102 Å². The van der Waals surface area contributed by atoms with Crippen molar-refractivity contribution >= 4 is 17.9 Å². The maximum atomic E-state index is 12.8. The Balaban J connectivity index is 4.24. The number of rotatable bonds is 51. The zero-order valence-corrected chi connectivity index (χ0v) is 45.9. The molecule has 2 unspecified atom stereocenters.